The molecule has 0 N–H and O–H groups in total. The first kappa shape index (κ1) is 22.5. The molecule has 3 aromatic heterocycles. The summed E-state index contributed by atoms with van der Waals surface area (Å²) in [6.45, 7) is 5.74. The minimum absolute atomic E-state index is 0.0637. The maximum absolute atomic E-state index is 13.5. The Morgan fingerprint density at radius 2 is 1.63 bits per heavy atom. The predicted molar refractivity (Wildman–Crippen MR) is 136 cm³/mol. The van der Waals surface area contributed by atoms with Crippen LogP contribution in [0.15, 0.2) is 79.3 Å². The number of nitrogens with zero attached hydrogens (tertiary/aromatic N) is 6. The molecule has 0 unspecified atom stereocenters. The first-order chi connectivity index (χ1) is 17.0. The Bertz CT molecular complexity index is 1470. The van der Waals surface area contributed by atoms with Crippen molar-refractivity contribution < 1.29 is 4.79 Å². The van der Waals surface area contributed by atoms with Crippen LogP contribution in [-0.4, -0.2) is 42.4 Å². The Balaban J connectivity index is 1.34. The van der Waals surface area contributed by atoms with Crippen LogP contribution in [0.4, 0.5) is 0 Å². The molecule has 5 aromatic rings. The number of amides is 1. The Hall–Kier alpha value is -4.26. The van der Waals surface area contributed by atoms with Gasteiger partial charge in [-0.1, -0.05) is 60.2 Å². The summed E-state index contributed by atoms with van der Waals surface area (Å²) in [4.78, 5) is 19.9. The van der Waals surface area contributed by atoms with Gasteiger partial charge in [-0.3, -0.25) is 9.48 Å². The zero-order chi connectivity index (χ0) is 24.4. The van der Waals surface area contributed by atoms with E-state index in [4.69, 9.17) is 4.98 Å². The number of carbonyl (C=O) groups is 1. The van der Waals surface area contributed by atoms with E-state index in [9.17, 15) is 4.79 Å². The third kappa shape index (κ3) is 4.99. The summed E-state index contributed by atoms with van der Waals surface area (Å²) in [5.41, 5.74) is 6.64. The van der Waals surface area contributed by atoms with Crippen LogP contribution in [0.25, 0.3) is 11.0 Å². The molecule has 3 heterocycles. The minimum atomic E-state index is -0.0637. The Labute approximate surface area is 204 Å². The van der Waals surface area contributed by atoms with E-state index in [-0.39, 0.29) is 5.91 Å². The number of rotatable bonds is 7. The highest BCUT2D eigenvalue weighted by Crippen LogP contribution is 2.21. The lowest BCUT2D eigenvalue weighted by atomic mass is 10.1. The van der Waals surface area contributed by atoms with Gasteiger partial charge in [0.05, 0.1) is 36.4 Å². The van der Waals surface area contributed by atoms with E-state index in [1.807, 2.05) is 60.0 Å². The lowest BCUT2D eigenvalue weighted by Gasteiger charge is -2.17. The minimum Gasteiger partial charge on any atom is -0.337 e. The van der Waals surface area contributed by atoms with E-state index < -0.39 is 0 Å². The highest BCUT2D eigenvalue weighted by molar-refractivity contribution is 6.05. The number of pyridine rings is 1. The molecule has 0 aliphatic carbocycles. The molecule has 0 saturated heterocycles. The molecule has 0 fully saturated rings. The summed E-state index contributed by atoms with van der Waals surface area (Å²) in [6.07, 6.45) is 5.55. The van der Waals surface area contributed by atoms with Crippen molar-refractivity contribution >= 4 is 16.9 Å². The van der Waals surface area contributed by atoms with Gasteiger partial charge in [0.1, 0.15) is 0 Å². The second-order valence-corrected chi connectivity index (χ2v) is 9.03. The van der Waals surface area contributed by atoms with Crippen molar-refractivity contribution in [1.82, 2.24) is 29.4 Å². The van der Waals surface area contributed by atoms with Crippen molar-refractivity contribution in [1.29, 1.82) is 0 Å². The molecular weight excluding hydrogens is 436 g/mol. The number of hydrogen-bond donors (Lipinski definition) is 0. The fraction of sp³-hybridized carbons (Fsp3) is 0.214. The molecule has 5 rings (SSSR count). The number of fused-ring (bicyclic) bond motifs is 1. The molecule has 0 saturated carbocycles. The van der Waals surface area contributed by atoms with Gasteiger partial charge in [-0.15, -0.1) is 0 Å². The van der Waals surface area contributed by atoms with E-state index >= 15 is 0 Å². The number of hydrogen-bond acceptors (Lipinski definition) is 4. The van der Waals surface area contributed by atoms with Gasteiger partial charge in [0.2, 0.25) is 0 Å². The van der Waals surface area contributed by atoms with Crippen LogP contribution in [0.1, 0.15) is 38.3 Å². The SMILES string of the molecule is Cc1ccc(Cn2ncc3c(C(=O)N(C)Cc4cnn(Cc5ccccc5)c4)cc(C)nc32)cc1. The summed E-state index contributed by atoms with van der Waals surface area (Å²) >= 11 is 0. The first-order valence-electron chi connectivity index (χ1n) is 11.7. The standard InChI is InChI=1S/C28H28N6O/c1-20-9-11-23(12-10-20)19-34-27-26(15-30-34)25(13-21(2)31-27)28(35)32(3)16-24-14-29-33(18-24)17-22-7-5-4-6-8-22/h4-15,18H,16-17,19H2,1-3H3. The zero-order valence-corrected chi connectivity index (χ0v) is 20.2. The second-order valence-electron chi connectivity index (χ2n) is 9.03. The molecule has 176 valence electrons. The van der Waals surface area contributed by atoms with Gasteiger partial charge in [-0.05, 0) is 31.0 Å². The maximum Gasteiger partial charge on any atom is 0.254 e. The van der Waals surface area contributed by atoms with Gasteiger partial charge < -0.3 is 4.90 Å². The van der Waals surface area contributed by atoms with Crippen LogP contribution in [0, 0.1) is 13.8 Å². The molecule has 2 aromatic carbocycles. The van der Waals surface area contributed by atoms with Crippen molar-refractivity contribution in [3.8, 4) is 0 Å². The first-order valence-corrected chi connectivity index (χ1v) is 11.7. The molecular formula is C28H28N6O. The summed E-state index contributed by atoms with van der Waals surface area (Å²) in [5.74, 6) is -0.0637. The molecule has 7 nitrogen and oxygen atoms in total. The molecule has 1 amide bonds. The van der Waals surface area contributed by atoms with E-state index in [1.54, 1.807) is 11.1 Å². The smallest absolute Gasteiger partial charge is 0.254 e. The average Bonchev–Trinajstić information content (AvgIpc) is 3.47. The van der Waals surface area contributed by atoms with Gasteiger partial charge >= 0.3 is 0 Å². The Kier molecular flexibility index (Phi) is 6.14. The number of aryl methyl sites for hydroxylation is 2. The van der Waals surface area contributed by atoms with Crippen molar-refractivity contribution in [3.05, 3.63) is 113 Å². The largest absolute Gasteiger partial charge is 0.337 e. The highest BCUT2D eigenvalue weighted by Gasteiger charge is 2.19. The third-order valence-electron chi connectivity index (χ3n) is 6.06. The van der Waals surface area contributed by atoms with Gasteiger partial charge in [0.25, 0.3) is 5.91 Å². The monoisotopic (exact) mass is 464 g/mol. The zero-order valence-electron chi connectivity index (χ0n) is 20.2. The summed E-state index contributed by atoms with van der Waals surface area (Å²) in [6, 6.07) is 20.4. The van der Waals surface area contributed by atoms with E-state index in [2.05, 4.69) is 53.5 Å². The Morgan fingerprint density at radius 1 is 0.886 bits per heavy atom. The molecule has 0 aliphatic rings. The summed E-state index contributed by atoms with van der Waals surface area (Å²) in [5, 5.41) is 9.78. The number of carbonyl (C=O) groups excluding carboxylic acids is 1. The van der Waals surface area contributed by atoms with Gasteiger partial charge in [-0.25, -0.2) is 9.67 Å². The van der Waals surface area contributed by atoms with Crippen LogP contribution < -0.4 is 0 Å². The maximum atomic E-state index is 13.5. The average molecular weight is 465 g/mol. The predicted octanol–water partition coefficient (Wildman–Crippen LogP) is 4.61. The number of benzene rings is 2. The molecule has 0 spiro atoms. The summed E-state index contributed by atoms with van der Waals surface area (Å²) in [7, 11) is 1.81. The van der Waals surface area contributed by atoms with Crippen LogP contribution in [0.5, 0.6) is 0 Å². The number of aromatic nitrogens is 5. The van der Waals surface area contributed by atoms with Crippen molar-refractivity contribution in [2.45, 2.75) is 33.5 Å². The molecule has 35 heavy (non-hydrogen) atoms. The molecule has 7 heteroatoms. The van der Waals surface area contributed by atoms with Crippen molar-refractivity contribution in [2.75, 3.05) is 7.05 Å². The topological polar surface area (TPSA) is 68.8 Å². The molecule has 0 aliphatic heterocycles. The van der Waals surface area contributed by atoms with Crippen LogP contribution in [0.2, 0.25) is 0 Å². The third-order valence-corrected chi connectivity index (χ3v) is 6.06. The molecule has 0 radical (unpaired) electrons. The highest BCUT2D eigenvalue weighted by atomic mass is 16.2. The second kappa shape index (κ2) is 9.54. The quantitative estimate of drug-likeness (QED) is 0.353. The van der Waals surface area contributed by atoms with Gasteiger partial charge in [-0.2, -0.15) is 10.2 Å². The van der Waals surface area contributed by atoms with E-state index in [0.717, 1.165) is 27.9 Å². The van der Waals surface area contributed by atoms with Crippen LogP contribution >= 0.6 is 0 Å². The van der Waals surface area contributed by atoms with E-state index in [0.29, 0.717) is 25.2 Å². The summed E-state index contributed by atoms with van der Waals surface area (Å²) < 4.78 is 3.75. The van der Waals surface area contributed by atoms with Crippen LogP contribution in [-0.2, 0) is 19.6 Å². The van der Waals surface area contributed by atoms with Gasteiger partial charge in [0, 0.05) is 31.0 Å². The van der Waals surface area contributed by atoms with Crippen LogP contribution in [0.3, 0.4) is 0 Å². The molecule has 0 bridgehead atoms. The lowest BCUT2D eigenvalue weighted by molar-refractivity contribution is 0.0787. The fourth-order valence-corrected chi connectivity index (χ4v) is 4.23. The van der Waals surface area contributed by atoms with Gasteiger partial charge in [0.15, 0.2) is 5.65 Å². The lowest BCUT2D eigenvalue weighted by Crippen LogP contribution is -2.26. The Morgan fingerprint density at radius 3 is 2.40 bits per heavy atom. The normalized spacial score (nSPS) is 11.2. The fourth-order valence-electron chi connectivity index (χ4n) is 4.23. The van der Waals surface area contributed by atoms with E-state index in [1.165, 1.54) is 11.1 Å². The molecule has 0 atom stereocenters. The van der Waals surface area contributed by atoms with Crippen molar-refractivity contribution in [3.63, 3.8) is 0 Å². The van der Waals surface area contributed by atoms with Crippen molar-refractivity contribution in [2.24, 2.45) is 0 Å².